The summed E-state index contributed by atoms with van der Waals surface area (Å²) < 4.78 is 12.7. The molecule has 1 spiro atoms. The SMILES string of the molecule is C=CCCCCOC(=O)[C@H]1[C@H]2C(=O)N(CCCCCCO)C(C(=O)N(CC=C)c3c(C)cccc3C)C23CC[C@]1(CC)O3. The van der Waals surface area contributed by atoms with E-state index in [4.69, 9.17) is 9.47 Å². The van der Waals surface area contributed by atoms with E-state index in [9.17, 15) is 19.5 Å². The van der Waals surface area contributed by atoms with Crippen LogP contribution >= 0.6 is 0 Å². The number of likely N-dealkylation sites (tertiary alicyclic amines) is 1. The second-order valence-electron chi connectivity index (χ2n) is 12.4. The molecule has 0 aliphatic carbocycles. The summed E-state index contributed by atoms with van der Waals surface area (Å²) in [7, 11) is 0. The van der Waals surface area contributed by atoms with E-state index >= 15 is 0 Å². The molecule has 1 aromatic rings. The summed E-state index contributed by atoms with van der Waals surface area (Å²) in [6.45, 7) is 14.7. The molecule has 2 amide bonds. The number of fused-ring (bicyclic) bond motifs is 1. The van der Waals surface area contributed by atoms with E-state index in [1.807, 2.05) is 45.0 Å². The predicted molar refractivity (Wildman–Crippen MR) is 168 cm³/mol. The van der Waals surface area contributed by atoms with Gasteiger partial charge in [0, 0.05) is 25.4 Å². The number of benzene rings is 1. The third-order valence-electron chi connectivity index (χ3n) is 9.81. The molecule has 0 saturated carbocycles. The van der Waals surface area contributed by atoms with Gasteiger partial charge in [0.15, 0.2) is 0 Å². The lowest BCUT2D eigenvalue weighted by Gasteiger charge is -2.37. The van der Waals surface area contributed by atoms with Crippen LogP contribution < -0.4 is 4.90 Å². The molecule has 3 fully saturated rings. The average Bonchev–Trinajstić information content (AvgIpc) is 3.59. The summed E-state index contributed by atoms with van der Waals surface area (Å²) >= 11 is 0. The molecule has 5 atom stereocenters. The Labute approximate surface area is 257 Å². The number of allylic oxidation sites excluding steroid dienone is 1. The molecule has 3 saturated heterocycles. The van der Waals surface area contributed by atoms with Crippen LogP contribution in [-0.4, -0.2) is 71.3 Å². The first kappa shape index (κ1) is 32.9. The number of hydrogen-bond donors (Lipinski definition) is 1. The summed E-state index contributed by atoms with van der Waals surface area (Å²) in [4.78, 5) is 46.5. The molecule has 236 valence electrons. The summed E-state index contributed by atoms with van der Waals surface area (Å²) in [5.41, 5.74) is 0.812. The van der Waals surface area contributed by atoms with Crippen LogP contribution in [0, 0.1) is 25.7 Å². The molecule has 8 nitrogen and oxygen atoms in total. The van der Waals surface area contributed by atoms with Crippen molar-refractivity contribution < 1.29 is 29.0 Å². The van der Waals surface area contributed by atoms with Crippen molar-refractivity contribution in [1.82, 2.24) is 4.90 Å². The molecular formula is C35H50N2O6. The monoisotopic (exact) mass is 594 g/mol. The lowest BCUT2D eigenvalue weighted by molar-refractivity contribution is -0.161. The number of para-hydroxylation sites is 1. The molecule has 1 aromatic carbocycles. The van der Waals surface area contributed by atoms with Gasteiger partial charge in [-0.3, -0.25) is 14.4 Å². The second kappa shape index (κ2) is 14.2. The van der Waals surface area contributed by atoms with Gasteiger partial charge in [0.25, 0.3) is 5.91 Å². The lowest BCUT2D eigenvalue weighted by atomic mass is 9.65. The molecular weight excluding hydrogens is 544 g/mol. The molecule has 0 aromatic heterocycles. The largest absolute Gasteiger partial charge is 0.465 e. The van der Waals surface area contributed by atoms with Crippen LogP contribution in [0.1, 0.15) is 82.3 Å². The molecule has 4 rings (SSSR count). The minimum atomic E-state index is -1.10. The normalized spacial score (nSPS) is 27.3. The molecule has 3 heterocycles. The maximum Gasteiger partial charge on any atom is 0.312 e. The Balaban J connectivity index is 1.72. The summed E-state index contributed by atoms with van der Waals surface area (Å²) in [5, 5.41) is 9.22. The van der Waals surface area contributed by atoms with E-state index < -0.39 is 35.0 Å². The van der Waals surface area contributed by atoms with Gasteiger partial charge in [-0.1, -0.05) is 50.1 Å². The Morgan fingerprint density at radius 1 is 1.09 bits per heavy atom. The zero-order valence-electron chi connectivity index (χ0n) is 26.3. The Morgan fingerprint density at radius 3 is 2.47 bits per heavy atom. The fraction of sp³-hybridized carbons (Fsp3) is 0.629. The van der Waals surface area contributed by atoms with E-state index in [0.29, 0.717) is 38.6 Å². The number of unbranched alkanes of at least 4 members (excludes halogenated alkanes) is 5. The van der Waals surface area contributed by atoms with Crippen LogP contribution in [0.4, 0.5) is 5.69 Å². The second-order valence-corrected chi connectivity index (χ2v) is 12.4. The molecule has 0 radical (unpaired) electrons. The van der Waals surface area contributed by atoms with Crippen LogP contribution in [0.5, 0.6) is 0 Å². The molecule has 3 aliphatic rings. The van der Waals surface area contributed by atoms with Gasteiger partial charge < -0.3 is 24.4 Å². The first-order valence-electron chi connectivity index (χ1n) is 16.1. The third-order valence-corrected chi connectivity index (χ3v) is 9.81. The van der Waals surface area contributed by atoms with E-state index in [1.165, 1.54) is 0 Å². The zero-order chi connectivity index (χ0) is 31.2. The standard InChI is InChI=1S/C35H50N2O6/c1-6-9-10-15-24-42-33(41)28-27-31(39)37(22-13-11-12-14-23-38)30(35(27)20-19-34(28,8-3)43-35)32(40)36(21-7-2)29-25(4)17-16-18-26(29)5/h6-7,16-18,27-28,30,38H,1-2,8-15,19-24H2,3-5H3/t27-,28+,30?,34-,35?/m0/s1. The number of esters is 1. The molecule has 2 unspecified atom stereocenters. The lowest BCUT2D eigenvalue weighted by Crippen LogP contribution is -2.56. The van der Waals surface area contributed by atoms with Crippen molar-refractivity contribution in [3.8, 4) is 0 Å². The molecule has 1 N–H and O–H groups in total. The fourth-order valence-electron chi connectivity index (χ4n) is 7.80. The van der Waals surface area contributed by atoms with Crippen LogP contribution in [0.3, 0.4) is 0 Å². The summed E-state index contributed by atoms with van der Waals surface area (Å²) in [6, 6.07) is 5.07. The number of aliphatic hydroxyl groups excluding tert-OH is 1. The van der Waals surface area contributed by atoms with Crippen molar-refractivity contribution in [2.75, 3.05) is 31.2 Å². The first-order chi connectivity index (χ1) is 20.7. The summed E-state index contributed by atoms with van der Waals surface area (Å²) in [6.07, 6.45) is 10.8. The van der Waals surface area contributed by atoms with Crippen molar-refractivity contribution in [2.45, 2.75) is 102 Å². The fourth-order valence-corrected chi connectivity index (χ4v) is 7.80. The number of aliphatic hydroxyl groups is 1. The highest BCUT2D eigenvalue weighted by Crippen LogP contribution is 2.64. The van der Waals surface area contributed by atoms with Gasteiger partial charge in [0.1, 0.15) is 17.6 Å². The van der Waals surface area contributed by atoms with Crippen LogP contribution in [0.2, 0.25) is 0 Å². The number of ether oxygens (including phenoxy) is 2. The van der Waals surface area contributed by atoms with Gasteiger partial charge in [-0.2, -0.15) is 0 Å². The number of carbonyl (C=O) groups excluding carboxylic acids is 3. The Bertz CT molecular complexity index is 1180. The zero-order valence-corrected chi connectivity index (χ0v) is 26.3. The number of anilines is 1. The number of rotatable bonds is 17. The maximum absolute atomic E-state index is 14.8. The smallest absolute Gasteiger partial charge is 0.312 e. The van der Waals surface area contributed by atoms with Crippen molar-refractivity contribution in [1.29, 1.82) is 0 Å². The van der Waals surface area contributed by atoms with Crippen molar-refractivity contribution in [3.63, 3.8) is 0 Å². The number of hydrogen-bond acceptors (Lipinski definition) is 6. The van der Waals surface area contributed by atoms with E-state index in [-0.39, 0.29) is 31.6 Å². The Kier molecular flexibility index (Phi) is 10.9. The quantitative estimate of drug-likeness (QED) is 0.147. The highest BCUT2D eigenvalue weighted by Gasteiger charge is 2.79. The van der Waals surface area contributed by atoms with Gasteiger partial charge in [0.2, 0.25) is 5.91 Å². The molecule has 8 heteroatoms. The highest BCUT2D eigenvalue weighted by atomic mass is 16.6. The van der Waals surface area contributed by atoms with E-state index in [0.717, 1.165) is 48.9 Å². The van der Waals surface area contributed by atoms with Crippen LogP contribution in [0.25, 0.3) is 0 Å². The highest BCUT2D eigenvalue weighted by molar-refractivity contribution is 6.05. The van der Waals surface area contributed by atoms with Crippen molar-refractivity contribution in [2.24, 2.45) is 11.8 Å². The van der Waals surface area contributed by atoms with Crippen molar-refractivity contribution >= 4 is 23.5 Å². The van der Waals surface area contributed by atoms with E-state index in [2.05, 4.69) is 13.2 Å². The minimum Gasteiger partial charge on any atom is -0.465 e. The van der Waals surface area contributed by atoms with Gasteiger partial charge in [-0.25, -0.2) is 0 Å². The first-order valence-corrected chi connectivity index (χ1v) is 16.1. The van der Waals surface area contributed by atoms with Gasteiger partial charge in [-0.05, 0) is 76.3 Å². The average molecular weight is 595 g/mol. The third kappa shape index (κ3) is 6.05. The number of amides is 2. The minimum absolute atomic E-state index is 0.131. The van der Waals surface area contributed by atoms with Crippen LogP contribution in [-0.2, 0) is 23.9 Å². The number of carbonyl (C=O) groups is 3. The molecule has 43 heavy (non-hydrogen) atoms. The maximum atomic E-state index is 14.8. The molecule has 3 aliphatic heterocycles. The summed E-state index contributed by atoms with van der Waals surface area (Å²) in [5.74, 6) is -2.30. The van der Waals surface area contributed by atoms with Gasteiger partial charge in [-0.15, -0.1) is 13.2 Å². The number of nitrogens with zero attached hydrogens (tertiary/aromatic N) is 2. The van der Waals surface area contributed by atoms with Crippen LogP contribution in [0.15, 0.2) is 43.5 Å². The topological polar surface area (TPSA) is 96.4 Å². The molecule has 2 bridgehead atoms. The van der Waals surface area contributed by atoms with Gasteiger partial charge in [0.05, 0.1) is 18.1 Å². The van der Waals surface area contributed by atoms with E-state index in [1.54, 1.807) is 15.9 Å². The predicted octanol–water partition coefficient (Wildman–Crippen LogP) is 5.43. The Morgan fingerprint density at radius 2 is 1.81 bits per heavy atom. The Hall–Kier alpha value is -2.97. The van der Waals surface area contributed by atoms with Crippen molar-refractivity contribution in [3.05, 3.63) is 54.6 Å². The number of aryl methyl sites for hydroxylation is 2. The van der Waals surface area contributed by atoms with Gasteiger partial charge >= 0.3 is 5.97 Å².